The molecule has 0 saturated heterocycles. The van der Waals surface area contributed by atoms with Gasteiger partial charge in [-0.1, -0.05) is 45.7 Å². The van der Waals surface area contributed by atoms with E-state index < -0.39 is 0 Å². The number of pyridine rings is 2. The molecule has 3 rings (SSSR count). The molecule has 0 bridgehead atoms. The predicted octanol–water partition coefficient (Wildman–Crippen LogP) is 4.71. The second kappa shape index (κ2) is 4.67. The Hall–Kier alpha value is -1.45. The zero-order chi connectivity index (χ0) is 12.5. The summed E-state index contributed by atoms with van der Waals surface area (Å²) in [5, 5.41) is 1.43. The van der Waals surface area contributed by atoms with Crippen molar-refractivity contribution in [2.75, 3.05) is 0 Å². The smallest absolute Gasteiger partial charge is 0.155 e. The van der Waals surface area contributed by atoms with Crippen molar-refractivity contribution in [1.29, 1.82) is 0 Å². The van der Waals surface area contributed by atoms with Gasteiger partial charge in [0.2, 0.25) is 0 Å². The summed E-state index contributed by atoms with van der Waals surface area (Å²) in [7, 11) is 0. The van der Waals surface area contributed by atoms with Gasteiger partial charge in [-0.3, -0.25) is 0 Å². The van der Waals surface area contributed by atoms with Gasteiger partial charge in [-0.25, -0.2) is 9.97 Å². The van der Waals surface area contributed by atoms with Crippen molar-refractivity contribution in [3.05, 3.63) is 58.3 Å². The summed E-state index contributed by atoms with van der Waals surface area (Å²) in [4.78, 5) is 8.62. The van der Waals surface area contributed by atoms with Gasteiger partial charge >= 0.3 is 0 Å². The van der Waals surface area contributed by atoms with Crippen LogP contribution in [0.5, 0.6) is 0 Å². The highest BCUT2D eigenvalue weighted by atomic mass is 79.9. The molecule has 4 heteroatoms. The van der Waals surface area contributed by atoms with E-state index in [1.165, 1.54) is 0 Å². The predicted molar refractivity (Wildman–Crippen MR) is 77.7 cm³/mol. The van der Waals surface area contributed by atoms with Gasteiger partial charge in [0.25, 0.3) is 0 Å². The molecule has 0 atom stereocenters. The van der Waals surface area contributed by atoms with Gasteiger partial charge in [-0.2, -0.15) is 0 Å². The molecule has 0 N–H and O–H groups in total. The SMILES string of the molecule is Clc1nccc2ccc(-c3cccc(Br)c3)nc12. The van der Waals surface area contributed by atoms with Crippen LogP contribution in [0.3, 0.4) is 0 Å². The molecule has 18 heavy (non-hydrogen) atoms. The molecule has 0 radical (unpaired) electrons. The lowest BCUT2D eigenvalue weighted by Gasteiger charge is -2.04. The van der Waals surface area contributed by atoms with E-state index in [0.29, 0.717) is 5.15 Å². The molecular weight excluding hydrogens is 312 g/mol. The van der Waals surface area contributed by atoms with Crippen molar-refractivity contribution in [3.63, 3.8) is 0 Å². The maximum atomic E-state index is 6.06. The fourth-order valence-electron chi connectivity index (χ4n) is 1.82. The number of fused-ring (bicyclic) bond motifs is 1. The second-order valence-electron chi connectivity index (χ2n) is 3.88. The molecule has 2 aromatic heterocycles. The van der Waals surface area contributed by atoms with Crippen LogP contribution in [0.25, 0.3) is 22.2 Å². The Kier molecular flexibility index (Phi) is 3.02. The Morgan fingerprint density at radius 2 is 1.94 bits per heavy atom. The van der Waals surface area contributed by atoms with Gasteiger partial charge < -0.3 is 0 Å². The fraction of sp³-hybridized carbons (Fsp3) is 0. The number of nitrogens with zero attached hydrogens (tertiary/aromatic N) is 2. The molecule has 2 heterocycles. The lowest BCUT2D eigenvalue weighted by Crippen LogP contribution is -1.87. The van der Waals surface area contributed by atoms with Gasteiger partial charge in [-0.05, 0) is 24.3 Å². The first-order valence-corrected chi connectivity index (χ1v) is 6.58. The van der Waals surface area contributed by atoms with E-state index in [2.05, 4.69) is 25.9 Å². The van der Waals surface area contributed by atoms with E-state index in [9.17, 15) is 0 Å². The first-order valence-electron chi connectivity index (χ1n) is 5.41. The van der Waals surface area contributed by atoms with Crippen molar-refractivity contribution >= 4 is 38.4 Å². The molecule has 0 amide bonds. The van der Waals surface area contributed by atoms with E-state index in [0.717, 1.165) is 26.6 Å². The fourth-order valence-corrected chi connectivity index (χ4v) is 2.43. The van der Waals surface area contributed by atoms with Gasteiger partial charge in [0.1, 0.15) is 5.52 Å². The van der Waals surface area contributed by atoms with Crippen LogP contribution < -0.4 is 0 Å². The third-order valence-corrected chi connectivity index (χ3v) is 3.45. The summed E-state index contributed by atoms with van der Waals surface area (Å²) in [6, 6.07) is 13.9. The van der Waals surface area contributed by atoms with Crippen LogP contribution in [0, 0.1) is 0 Å². The Morgan fingerprint density at radius 1 is 1.06 bits per heavy atom. The highest BCUT2D eigenvalue weighted by molar-refractivity contribution is 9.10. The molecule has 0 aliphatic heterocycles. The standard InChI is InChI=1S/C14H8BrClN2/c15-11-3-1-2-10(8-11)12-5-4-9-6-7-17-14(16)13(9)18-12/h1-8H. The first-order chi connectivity index (χ1) is 8.74. The summed E-state index contributed by atoms with van der Waals surface area (Å²) in [5.41, 5.74) is 2.67. The van der Waals surface area contributed by atoms with Crippen LogP contribution in [0.2, 0.25) is 5.15 Å². The average Bonchev–Trinajstić information content (AvgIpc) is 2.39. The lowest BCUT2D eigenvalue weighted by molar-refractivity contribution is 1.31. The third-order valence-electron chi connectivity index (χ3n) is 2.68. The Morgan fingerprint density at radius 3 is 2.78 bits per heavy atom. The maximum Gasteiger partial charge on any atom is 0.155 e. The lowest BCUT2D eigenvalue weighted by atomic mass is 10.1. The normalized spacial score (nSPS) is 10.8. The van der Waals surface area contributed by atoms with E-state index in [4.69, 9.17) is 11.6 Å². The summed E-state index contributed by atoms with van der Waals surface area (Å²) >= 11 is 9.52. The third kappa shape index (κ3) is 2.11. The Labute approximate surface area is 118 Å². The van der Waals surface area contributed by atoms with Crippen molar-refractivity contribution < 1.29 is 0 Å². The largest absolute Gasteiger partial charge is 0.245 e. The number of halogens is 2. The highest BCUT2D eigenvalue weighted by Crippen LogP contribution is 2.25. The summed E-state index contributed by atoms with van der Waals surface area (Å²) < 4.78 is 1.03. The zero-order valence-electron chi connectivity index (χ0n) is 9.27. The minimum Gasteiger partial charge on any atom is -0.245 e. The van der Waals surface area contributed by atoms with Gasteiger partial charge in [-0.15, -0.1) is 0 Å². The van der Waals surface area contributed by atoms with Gasteiger partial charge in [0.05, 0.1) is 5.69 Å². The van der Waals surface area contributed by atoms with Crippen LogP contribution >= 0.6 is 27.5 Å². The Bertz CT molecular complexity index is 728. The number of hydrogen-bond acceptors (Lipinski definition) is 2. The molecule has 0 fully saturated rings. The maximum absolute atomic E-state index is 6.06. The van der Waals surface area contributed by atoms with Crippen molar-refractivity contribution in [2.24, 2.45) is 0 Å². The average molecular weight is 320 g/mol. The molecule has 0 aliphatic carbocycles. The van der Waals surface area contributed by atoms with E-state index in [-0.39, 0.29) is 0 Å². The van der Waals surface area contributed by atoms with E-state index >= 15 is 0 Å². The highest BCUT2D eigenvalue weighted by Gasteiger charge is 2.05. The van der Waals surface area contributed by atoms with E-state index in [1.54, 1.807) is 6.20 Å². The number of benzene rings is 1. The minimum absolute atomic E-state index is 0.435. The van der Waals surface area contributed by atoms with Crippen LogP contribution in [0.15, 0.2) is 53.1 Å². The van der Waals surface area contributed by atoms with Gasteiger partial charge in [0, 0.05) is 21.6 Å². The van der Waals surface area contributed by atoms with Crippen molar-refractivity contribution in [1.82, 2.24) is 9.97 Å². The molecule has 0 saturated carbocycles. The molecular formula is C14H8BrClN2. The summed E-state index contributed by atoms with van der Waals surface area (Å²) in [6.45, 7) is 0. The molecule has 0 aliphatic rings. The molecule has 0 unspecified atom stereocenters. The molecule has 2 nitrogen and oxygen atoms in total. The molecule has 0 spiro atoms. The topological polar surface area (TPSA) is 25.8 Å². The quantitative estimate of drug-likeness (QED) is 0.607. The van der Waals surface area contributed by atoms with Crippen LogP contribution in [-0.2, 0) is 0 Å². The van der Waals surface area contributed by atoms with Crippen LogP contribution in [-0.4, -0.2) is 9.97 Å². The number of rotatable bonds is 1. The minimum atomic E-state index is 0.435. The number of aromatic nitrogens is 2. The zero-order valence-corrected chi connectivity index (χ0v) is 11.6. The van der Waals surface area contributed by atoms with E-state index in [1.807, 2.05) is 42.5 Å². The van der Waals surface area contributed by atoms with Crippen molar-refractivity contribution in [2.45, 2.75) is 0 Å². The molecule has 3 aromatic rings. The summed E-state index contributed by atoms with van der Waals surface area (Å²) in [6.07, 6.45) is 1.69. The summed E-state index contributed by atoms with van der Waals surface area (Å²) in [5.74, 6) is 0. The van der Waals surface area contributed by atoms with Gasteiger partial charge in [0.15, 0.2) is 5.15 Å². The Balaban J connectivity index is 2.22. The van der Waals surface area contributed by atoms with Crippen LogP contribution in [0.1, 0.15) is 0 Å². The number of hydrogen-bond donors (Lipinski definition) is 0. The second-order valence-corrected chi connectivity index (χ2v) is 5.15. The van der Waals surface area contributed by atoms with Crippen LogP contribution in [0.4, 0.5) is 0 Å². The molecule has 88 valence electrons. The van der Waals surface area contributed by atoms with Crippen molar-refractivity contribution in [3.8, 4) is 11.3 Å². The monoisotopic (exact) mass is 318 g/mol. The first kappa shape index (κ1) is 11.6. The molecule has 1 aromatic carbocycles.